The quantitative estimate of drug-likeness (QED) is 0.814. The van der Waals surface area contributed by atoms with Gasteiger partial charge in [-0.2, -0.15) is 0 Å². The van der Waals surface area contributed by atoms with Crippen molar-refractivity contribution in [1.82, 2.24) is 5.32 Å². The maximum atomic E-state index is 12.0. The number of aromatic carboxylic acids is 1. The number of fused-ring (bicyclic) bond motifs is 1. The molecule has 1 aliphatic carbocycles. The molecule has 0 saturated heterocycles. The molecule has 2 amide bonds. The van der Waals surface area contributed by atoms with E-state index < -0.39 is 5.97 Å². The predicted molar refractivity (Wildman–Crippen MR) is 80.9 cm³/mol. The number of amides is 2. The number of rotatable bonds is 3. The Hall–Kier alpha value is -2.34. The van der Waals surface area contributed by atoms with E-state index in [0.29, 0.717) is 5.00 Å². The van der Waals surface area contributed by atoms with Crippen LogP contribution in [0.25, 0.3) is 0 Å². The Kier molecular flexibility index (Phi) is 3.62. The van der Waals surface area contributed by atoms with Gasteiger partial charge in [0, 0.05) is 0 Å². The highest BCUT2D eigenvalue weighted by Gasteiger charge is 2.24. The molecular weight excluding hydrogens is 288 g/mol. The second-order valence-corrected chi connectivity index (χ2v) is 5.77. The van der Waals surface area contributed by atoms with Gasteiger partial charge in [-0.05, 0) is 35.4 Å². The zero-order valence-electron chi connectivity index (χ0n) is 11.1. The van der Waals surface area contributed by atoms with Crippen molar-refractivity contribution < 1.29 is 14.7 Å². The van der Waals surface area contributed by atoms with E-state index in [1.54, 1.807) is 5.38 Å². The van der Waals surface area contributed by atoms with Crippen LogP contribution in [0.2, 0.25) is 0 Å². The molecule has 21 heavy (non-hydrogen) atoms. The molecule has 1 aromatic heterocycles. The van der Waals surface area contributed by atoms with Crippen molar-refractivity contribution in [2.75, 3.05) is 5.32 Å². The van der Waals surface area contributed by atoms with Crippen molar-refractivity contribution in [1.29, 1.82) is 0 Å². The number of carboxylic acids is 1. The van der Waals surface area contributed by atoms with Gasteiger partial charge in [-0.3, -0.25) is 5.32 Å². The Bertz CT molecular complexity index is 696. The first-order valence-electron chi connectivity index (χ1n) is 6.61. The van der Waals surface area contributed by atoms with Gasteiger partial charge < -0.3 is 10.4 Å². The third kappa shape index (κ3) is 2.75. The molecule has 2 aromatic rings. The first kappa shape index (κ1) is 13.6. The fraction of sp³-hybridized carbons (Fsp3) is 0.200. The maximum absolute atomic E-state index is 12.0. The van der Waals surface area contributed by atoms with Crippen molar-refractivity contribution in [2.24, 2.45) is 0 Å². The minimum Gasteiger partial charge on any atom is -0.478 e. The first-order valence-corrected chi connectivity index (χ1v) is 7.49. The average Bonchev–Trinajstić information content (AvgIpc) is 3.06. The van der Waals surface area contributed by atoms with Gasteiger partial charge >= 0.3 is 12.0 Å². The summed E-state index contributed by atoms with van der Waals surface area (Å²) < 4.78 is 0. The Morgan fingerprint density at radius 2 is 2.05 bits per heavy atom. The SMILES string of the molecule is O=C(Nc1sccc1C(=O)O)NC1CCc2ccccc21. The minimum absolute atomic E-state index is 0.0190. The molecular formula is C15H14N2O3S. The second-order valence-electron chi connectivity index (χ2n) is 4.86. The molecule has 1 heterocycles. The molecule has 1 aliphatic rings. The van der Waals surface area contributed by atoms with Gasteiger partial charge in [0.1, 0.15) is 5.00 Å². The number of nitrogens with one attached hydrogen (secondary N) is 2. The summed E-state index contributed by atoms with van der Waals surface area (Å²) in [5, 5.41) is 16.5. The van der Waals surface area contributed by atoms with Crippen molar-refractivity contribution in [2.45, 2.75) is 18.9 Å². The van der Waals surface area contributed by atoms with E-state index in [1.807, 2.05) is 18.2 Å². The van der Waals surface area contributed by atoms with E-state index >= 15 is 0 Å². The smallest absolute Gasteiger partial charge is 0.338 e. The monoisotopic (exact) mass is 302 g/mol. The molecule has 1 unspecified atom stereocenters. The minimum atomic E-state index is -1.04. The number of anilines is 1. The van der Waals surface area contributed by atoms with E-state index in [2.05, 4.69) is 16.7 Å². The molecule has 3 rings (SSSR count). The highest BCUT2D eigenvalue weighted by Crippen LogP contribution is 2.31. The number of benzene rings is 1. The van der Waals surface area contributed by atoms with Crippen LogP contribution in [-0.2, 0) is 6.42 Å². The zero-order valence-corrected chi connectivity index (χ0v) is 11.9. The molecule has 0 radical (unpaired) electrons. The first-order chi connectivity index (χ1) is 10.1. The zero-order chi connectivity index (χ0) is 14.8. The van der Waals surface area contributed by atoms with Gasteiger partial charge in [0.15, 0.2) is 0 Å². The number of hydrogen-bond acceptors (Lipinski definition) is 3. The standard InChI is InChI=1S/C15H14N2O3S/c18-14(19)11-7-8-21-13(11)17-15(20)16-12-6-5-9-3-1-2-4-10(9)12/h1-4,7-8,12H,5-6H2,(H,18,19)(H2,16,17,20). The normalized spacial score (nSPS) is 16.3. The molecule has 3 N–H and O–H groups in total. The van der Waals surface area contributed by atoms with Gasteiger partial charge in [0.25, 0.3) is 0 Å². The molecule has 6 heteroatoms. The molecule has 0 bridgehead atoms. The van der Waals surface area contributed by atoms with E-state index in [-0.39, 0.29) is 17.6 Å². The molecule has 5 nitrogen and oxygen atoms in total. The summed E-state index contributed by atoms with van der Waals surface area (Å²) in [7, 11) is 0. The van der Waals surface area contributed by atoms with Gasteiger partial charge in [0.05, 0.1) is 11.6 Å². The van der Waals surface area contributed by atoms with E-state index in [0.717, 1.165) is 18.4 Å². The molecule has 0 aliphatic heterocycles. The Morgan fingerprint density at radius 1 is 1.24 bits per heavy atom. The van der Waals surface area contributed by atoms with Crippen LogP contribution < -0.4 is 10.6 Å². The van der Waals surface area contributed by atoms with Crippen LogP contribution in [0, 0.1) is 0 Å². The fourth-order valence-corrected chi connectivity index (χ4v) is 3.35. The Morgan fingerprint density at radius 3 is 2.86 bits per heavy atom. The van der Waals surface area contributed by atoms with Crippen molar-refractivity contribution in [3.63, 3.8) is 0 Å². The van der Waals surface area contributed by atoms with Crippen LogP contribution in [0.1, 0.15) is 33.9 Å². The summed E-state index contributed by atoms with van der Waals surface area (Å²) >= 11 is 1.20. The van der Waals surface area contributed by atoms with Crippen molar-refractivity contribution in [3.8, 4) is 0 Å². The number of carbonyl (C=O) groups is 2. The Balaban J connectivity index is 1.68. The molecule has 0 fully saturated rings. The molecule has 0 saturated carbocycles. The highest BCUT2D eigenvalue weighted by atomic mass is 32.1. The summed E-state index contributed by atoms with van der Waals surface area (Å²) in [5.74, 6) is -1.04. The lowest BCUT2D eigenvalue weighted by Gasteiger charge is -2.14. The average molecular weight is 302 g/mol. The number of carbonyl (C=O) groups excluding carboxylic acids is 1. The number of carboxylic acid groups (broad SMARTS) is 1. The van der Waals surface area contributed by atoms with Crippen molar-refractivity contribution >= 4 is 28.3 Å². The summed E-state index contributed by atoms with van der Waals surface area (Å²) in [6, 6.07) is 9.12. The summed E-state index contributed by atoms with van der Waals surface area (Å²) in [4.78, 5) is 23.1. The summed E-state index contributed by atoms with van der Waals surface area (Å²) in [6.07, 6.45) is 1.81. The largest absolute Gasteiger partial charge is 0.478 e. The van der Waals surface area contributed by atoms with E-state index in [4.69, 9.17) is 5.11 Å². The lowest BCUT2D eigenvalue weighted by molar-refractivity contribution is 0.0698. The van der Waals surface area contributed by atoms with Gasteiger partial charge in [0.2, 0.25) is 0 Å². The second kappa shape index (κ2) is 5.57. The maximum Gasteiger partial charge on any atom is 0.338 e. The van der Waals surface area contributed by atoms with Gasteiger partial charge in [-0.15, -0.1) is 11.3 Å². The third-order valence-electron chi connectivity index (χ3n) is 3.56. The number of thiophene rings is 1. The van der Waals surface area contributed by atoms with Crippen molar-refractivity contribution in [3.05, 3.63) is 52.4 Å². The fourth-order valence-electron chi connectivity index (χ4n) is 2.58. The number of aryl methyl sites for hydroxylation is 1. The molecule has 1 aromatic carbocycles. The number of urea groups is 1. The molecule has 0 spiro atoms. The summed E-state index contributed by atoms with van der Waals surface area (Å²) in [5.41, 5.74) is 2.50. The highest BCUT2D eigenvalue weighted by molar-refractivity contribution is 7.14. The predicted octanol–water partition coefficient (Wildman–Crippen LogP) is 3.26. The van der Waals surface area contributed by atoms with Crippen LogP contribution in [0.5, 0.6) is 0 Å². The van der Waals surface area contributed by atoms with E-state index in [1.165, 1.54) is 23.0 Å². The van der Waals surface area contributed by atoms with Gasteiger partial charge in [-0.25, -0.2) is 9.59 Å². The molecule has 108 valence electrons. The van der Waals surface area contributed by atoms with Crippen LogP contribution in [-0.4, -0.2) is 17.1 Å². The van der Waals surface area contributed by atoms with Crippen LogP contribution >= 0.6 is 11.3 Å². The van der Waals surface area contributed by atoms with Crippen LogP contribution in [0.15, 0.2) is 35.7 Å². The topological polar surface area (TPSA) is 78.4 Å². The lowest BCUT2D eigenvalue weighted by Crippen LogP contribution is -2.31. The van der Waals surface area contributed by atoms with Gasteiger partial charge in [-0.1, -0.05) is 24.3 Å². The van der Waals surface area contributed by atoms with Crippen LogP contribution in [0.3, 0.4) is 0 Å². The lowest BCUT2D eigenvalue weighted by atomic mass is 10.1. The summed E-state index contributed by atoms with van der Waals surface area (Å²) in [6.45, 7) is 0. The van der Waals surface area contributed by atoms with Crippen LogP contribution in [0.4, 0.5) is 9.80 Å². The van der Waals surface area contributed by atoms with E-state index in [9.17, 15) is 9.59 Å². The Labute approximate surface area is 125 Å². The third-order valence-corrected chi connectivity index (χ3v) is 4.39. The molecule has 1 atom stereocenters. The number of hydrogen-bond donors (Lipinski definition) is 3.